The third-order valence-corrected chi connectivity index (χ3v) is 6.50. The normalized spacial score (nSPS) is 11.3. The fraction of sp³-hybridized carbons (Fsp3) is 0.294. The average Bonchev–Trinajstić information content (AvgIpc) is 3.02. The van der Waals surface area contributed by atoms with Gasteiger partial charge in [-0.1, -0.05) is 38.1 Å². The van der Waals surface area contributed by atoms with E-state index in [-0.39, 0.29) is 0 Å². The van der Waals surface area contributed by atoms with E-state index in [1.54, 1.807) is 0 Å². The van der Waals surface area contributed by atoms with Gasteiger partial charge in [-0.2, -0.15) is 20.5 Å². The highest BCUT2D eigenvalue weighted by Gasteiger charge is 1.99. The van der Waals surface area contributed by atoms with Crippen molar-refractivity contribution in [2.45, 2.75) is 52.4 Å². The molecule has 0 saturated heterocycles. The number of hydrogen-bond donors (Lipinski definition) is 0. The van der Waals surface area contributed by atoms with Crippen LogP contribution >= 0.6 is 0 Å². The molecule has 40 heavy (non-hydrogen) atoms. The molecule has 0 aliphatic heterocycles. The maximum absolute atomic E-state index is 5.87. The summed E-state index contributed by atoms with van der Waals surface area (Å²) < 4.78 is 11.7. The monoisotopic (exact) mass is 534 g/mol. The van der Waals surface area contributed by atoms with Crippen LogP contribution in [0.25, 0.3) is 0 Å². The van der Waals surface area contributed by atoms with Crippen LogP contribution in [-0.2, 0) is 12.8 Å². The summed E-state index contributed by atoms with van der Waals surface area (Å²) in [6.07, 6.45) is 6.27. The second-order valence-electron chi connectivity index (χ2n) is 9.54. The summed E-state index contributed by atoms with van der Waals surface area (Å²) >= 11 is 0. The van der Waals surface area contributed by atoms with E-state index >= 15 is 0 Å². The predicted molar refractivity (Wildman–Crippen MR) is 162 cm³/mol. The van der Waals surface area contributed by atoms with Crippen molar-refractivity contribution in [3.63, 3.8) is 0 Å². The first-order chi connectivity index (χ1) is 19.7. The molecule has 0 aromatic heterocycles. The van der Waals surface area contributed by atoms with Crippen LogP contribution in [0, 0.1) is 0 Å². The first-order valence-electron chi connectivity index (χ1n) is 14.2. The molecule has 4 aromatic rings. The Kier molecular flexibility index (Phi) is 11.4. The lowest BCUT2D eigenvalue weighted by Gasteiger charge is -2.07. The van der Waals surface area contributed by atoms with Gasteiger partial charge in [-0.05, 0) is 122 Å². The lowest BCUT2D eigenvalue weighted by molar-refractivity contribution is 0.287. The third kappa shape index (κ3) is 9.77. The zero-order valence-corrected chi connectivity index (χ0v) is 23.5. The number of rotatable bonds is 15. The van der Waals surface area contributed by atoms with Gasteiger partial charge in [0.2, 0.25) is 0 Å². The van der Waals surface area contributed by atoms with E-state index < -0.39 is 0 Å². The summed E-state index contributed by atoms with van der Waals surface area (Å²) in [5, 5.41) is 17.2. The average molecular weight is 535 g/mol. The van der Waals surface area contributed by atoms with Gasteiger partial charge in [0.25, 0.3) is 0 Å². The Bertz CT molecular complexity index is 1220. The van der Waals surface area contributed by atoms with E-state index in [1.807, 2.05) is 72.8 Å². The Morgan fingerprint density at radius 1 is 0.400 bits per heavy atom. The first-order valence-corrected chi connectivity index (χ1v) is 14.2. The zero-order chi connectivity index (χ0) is 27.8. The molecule has 4 aromatic carbocycles. The largest absolute Gasteiger partial charge is 0.494 e. The molecular weight excluding hydrogens is 496 g/mol. The molecule has 0 aliphatic carbocycles. The quantitative estimate of drug-likeness (QED) is 0.112. The van der Waals surface area contributed by atoms with Crippen molar-refractivity contribution in [3.05, 3.63) is 108 Å². The lowest BCUT2D eigenvalue weighted by Crippen LogP contribution is -1.99. The van der Waals surface area contributed by atoms with Gasteiger partial charge < -0.3 is 9.47 Å². The Morgan fingerprint density at radius 3 is 1.00 bits per heavy atom. The van der Waals surface area contributed by atoms with Gasteiger partial charge in [0.15, 0.2) is 0 Å². The number of azo groups is 2. The molecule has 0 saturated carbocycles. The van der Waals surface area contributed by atoms with Crippen LogP contribution in [0.5, 0.6) is 11.5 Å². The molecule has 0 spiro atoms. The number of aryl methyl sites for hydroxylation is 2. The minimum atomic E-state index is 0.699. The maximum Gasteiger partial charge on any atom is 0.119 e. The van der Waals surface area contributed by atoms with Crippen molar-refractivity contribution < 1.29 is 9.47 Å². The van der Waals surface area contributed by atoms with E-state index in [0.29, 0.717) is 13.2 Å². The number of unbranched alkanes of at least 4 members (excludes halogenated alkanes) is 3. The number of ether oxygens (including phenoxy) is 2. The molecule has 0 unspecified atom stereocenters. The third-order valence-electron chi connectivity index (χ3n) is 6.50. The molecule has 0 amide bonds. The number of benzene rings is 4. The Labute approximate surface area is 237 Å². The first kappa shape index (κ1) is 28.7. The molecule has 6 nitrogen and oxygen atoms in total. The summed E-state index contributed by atoms with van der Waals surface area (Å²) in [5.41, 5.74) is 5.92. The molecule has 0 aliphatic rings. The summed E-state index contributed by atoms with van der Waals surface area (Å²) in [5.74, 6) is 1.71. The van der Waals surface area contributed by atoms with E-state index in [0.717, 1.165) is 72.8 Å². The van der Waals surface area contributed by atoms with Crippen LogP contribution in [0.4, 0.5) is 22.7 Å². The van der Waals surface area contributed by atoms with E-state index in [4.69, 9.17) is 9.47 Å². The number of hydrogen-bond acceptors (Lipinski definition) is 6. The summed E-state index contributed by atoms with van der Waals surface area (Å²) in [6, 6.07) is 31.8. The molecule has 0 atom stereocenters. The summed E-state index contributed by atoms with van der Waals surface area (Å²) in [7, 11) is 0. The smallest absolute Gasteiger partial charge is 0.119 e. The maximum atomic E-state index is 5.87. The van der Waals surface area contributed by atoms with Crippen LogP contribution in [0.1, 0.15) is 50.7 Å². The van der Waals surface area contributed by atoms with Gasteiger partial charge in [0, 0.05) is 0 Å². The van der Waals surface area contributed by atoms with E-state index in [1.165, 1.54) is 11.1 Å². The van der Waals surface area contributed by atoms with Gasteiger partial charge in [0.05, 0.1) is 36.0 Å². The second-order valence-corrected chi connectivity index (χ2v) is 9.54. The fourth-order valence-electron chi connectivity index (χ4n) is 3.98. The van der Waals surface area contributed by atoms with Crippen LogP contribution in [0.3, 0.4) is 0 Å². The van der Waals surface area contributed by atoms with Gasteiger partial charge >= 0.3 is 0 Å². The van der Waals surface area contributed by atoms with Crippen LogP contribution in [-0.4, -0.2) is 13.2 Å². The van der Waals surface area contributed by atoms with E-state index in [2.05, 4.69) is 58.6 Å². The molecule has 4 rings (SSSR count). The Morgan fingerprint density at radius 2 is 0.700 bits per heavy atom. The van der Waals surface area contributed by atoms with Gasteiger partial charge in [-0.15, -0.1) is 0 Å². The van der Waals surface area contributed by atoms with E-state index in [9.17, 15) is 0 Å². The van der Waals surface area contributed by atoms with Crippen LogP contribution in [0.15, 0.2) is 118 Å². The second kappa shape index (κ2) is 15.9. The Balaban J connectivity index is 1.06. The zero-order valence-electron chi connectivity index (χ0n) is 23.5. The van der Waals surface area contributed by atoms with Gasteiger partial charge in [-0.25, -0.2) is 0 Å². The topological polar surface area (TPSA) is 67.9 Å². The molecule has 0 radical (unpaired) electrons. The van der Waals surface area contributed by atoms with Crippen molar-refractivity contribution in [1.29, 1.82) is 0 Å². The molecule has 0 heterocycles. The van der Waals surface area contributed by atoms with Crippen LogP contribution < -0.4 is 9.47 Å². The van der Waals surface area contributed by atoms with Gasteiger partial charge in [0.1, 0.15) is 11.5 Å². The van der Waals surface area contributed by atoms with Crippen molar-refractivity contribution in [3.8, 4) is 11.5 Å². The fourth-order valence-corrected chi connectivity index (χ4v) is 3.98. The van der Waals surface area contributed by atoms with Gasteiger partial charge in [-0.3, -0.25) is 0 Å². The van der Waals surface area contributed by atoms with Crippen molar-refractivity contribution >= 4 is 22.7 Å². The lowest BCUT2D eigenvalue weighted by atomic mass is 10.2. The highest BCUT2D eigenvalue weighted by atomic mass is 16.5. The highest BCUT2D eigenvalue weighted by Crippen LogP contribution is 2.23. The van der Waals surface area contributed by atoms with Crippen molar-refractivity contribution in [2.75, 3.05) is 13.2 Å². The minimum Gasteiger partial charge on any atom is -0.494 e. The molecule has 0 bridgehead atoms. The molecule has 0 fully saturated rings. The minimum absolute atomic E-state index is 0.699. The summed E-state index contributed by atoms with van der Waals surface area (Å²) in [4.78, 5) is 0. The molecular formula is C34H38N4O2. The standard InChI is InChI=1S/C34H38N4O2/c1-3-27-9-13-29(14-10-27)35-37-31-17-21-33(22-18-31)39-25-7-5-6-8-26-40-34-23-19-32(20-24-34)38-36-30-15-11-28(4-2)12-16-30/h9-24H,3-8,25-26H2,1-2H3. The number of nitrogens with zero attached hydrogens (tertiary/aromatic N) is 4. The molecule has 6 heteroatoms. The predicted octanol–water partition coefficient (Wildman–Crippen LogP) is 10.7. The van der Waals surface area contributed by atoms with Crippen molar-refractivity contribution in [2.24, 2.45) is 20.5 Å². The summed E-state index contributed by atoms with van der Waals surface area (Å²) in [6.45, 7) is 5.68. The van der Waals surface area contributed by atoms with Crippen molar-refractivity contribution in [1.82, 2.24) is 0 Å². The van der Waals surface area contributed by atoms with Crippen LogP contribution in [0.2, 0.25) is 0 Å². The SMILES string of the molecule is CCc1ccc(N=Nc2ccc(OCCCCCCOc3ccc(N=Nc4ccc(CC)cc4)cc3)cc2)cc1. The molecule has 0 N–H and O–H groups in total. The molecule has 206 valence electrons. The Hall–Kier alpha value is -4.32. The highest BCUT2D eigenvalue weighted by molar-refractivity contribution is 5.44.